The number of nitrogens with zero attached hydrogens (tertiary/aromatic N) is 1. The Morgan fingerprint density at radius 2 is 1.88 bits per heavy atom. The Morgan fingerprint density at radius 3 is 2.46 bits per heavy atom. The highest BCUT2D eigenvalue weighted by Crippen LogP contribution is 2.29. The van der Waals surface area contributed by atoms with Gasteiger partial charge in [0.2, 0.25) is 5.91 Å². The molecule has 0 aliphatic heterocycles. The molecule has 0 heterocycles. The predicted molar refractivity (Wildman–Crippen MR) is 80.2 cm³/mol. The molecule has 0 saturated carbocycles. The fourth-order valence-electron chi connectivity index (χ4n) is 2.04. The summed E-state index contributed by atoms with van der Waals surface area (Å²) in [5, 5.41) is 0. The Labute approximate surface area is 138 Å². The normalized spacial score (nSPS) is 11.2. The van der Waals surface area contributed by atoms with Crippen LogP contribution in [0.25, 0.3) is 0 Å². The maximum atomic E-state index is 12.7. The van der Waals surface area contributed by atoms with Crippen LogP contribution in [-0.4, -0.2) is 50.7 Å². The van der Waals surface area contributed by atoms with Crippen molar-refractivity contribution >= 4 is 11.9 Å². The predicted octanol–water partition coefficient (Wildman–Crippen LogP) is 2.29. The van der Waals surface area contributed by atoms with Crippen molar-refractivity contribution in [2.24, 2.45) is 0 Å². The number of carbonyl (C=O) groups is 2. The molecule has 0 aromatic heterocycles. The smallest absolute Gasteiger partial charge is 0.416 e. The van der Waals surface area contributed by atoms with Gasteiger partial charge in [0.1, 0.15) is 0 Å². The number of alkyl halides is 3. The van der Waals surface area contributed by atoms with Gasteiger partial charge in [-0.1, -0.05) is 18.2 Å². The van der Waals surface area contributed by atoms with Crippen LogP contribution in [0, 0.1) is 0 Å². The first-order chi connectivity index (χ1) is 11.3. The molecular formula is C16H20F3NO4. The second kappa shape index (κ2) is 9.27. The van der Waals surface area contributed by atoms with E-state index in [1.54, 1.807) is 0 Å². The van der Waals surface area contributed by atoms with E-state index < -0.39 is 17.7 Å². The molecule has 0 unspecified atom stereocenters. The maximum absolute atomic E-state index is 12.7. The van der Waals surface area contributed by atoms with Gasteiger partial charge in [-0.05, 0) is 11.6 Å². The lowest BCUT2D eigenvalue weighted by molar-refractivity contribution is -0.142. The summed E-state index contributed by atoms with van der Waals surface area (Å²) in [5.74, 6) is -0.848. The minimum atomic E-state index is -4.46. The molecule has 0 radical (unpaired) electrons. The molecule has 1 aromatic rings. The van der Waals surface area contributed by atoms with Crippen molar-refractivity contribution in [1.29, 1.82) is 0 Å². The van der Waals surface area contributed by atoms with Crippen LogP contribution >= 0.6 is 0 Å². The molecule has 5 nitrogen and oxygen atoms in total. The summed E-state index contributed by atoms with van der Waals surface area (Å²) in [6, 6.07) is 4.63. The Morgan fingerprint density at radius 1 is 1.17 bits per heavy atom. The van der Waals surface area contributed by atoms with Crippen molar-refractivity contribution in [2.75, 3.05) is 33.9 Å². The molecule has 0 atom stereocenters. The standard InChI is InChI=1S/C16H20F3NO4/c1-23-9-8-20(7-6-15(22)24-2)14(21)11-12-4-3-5-13(10-12)16(17,18)19/h3-5,10H,6-9,11H2,1-2H3. The third-order valence-electron chi connectivity index (χ3n) is 3.34. The Hall–Kier alpha value is -2.09. The van der Waals surface area contributed by atoms with Crippen LogP contribution in [0.4, 0.5) is 13.2 Å². The summed E-state index contributed by atoms with van der Waals surface area (Å²) in [6.45, 7) is 0.620. The molecule has 0 N–H and O–H groups in total. The van der Waals surface area contributed by atoms with Gasteiger partial charge in [0.25, 0.3) is 0 Å². The minimum Gasteiger partial charge on any atom is -0.469 e. The summed E-state index contributed by atoms with van der Waals surface area (Å²) >= 11 is 0. The Bertz CT molecular complexity index is 560. The molecule has 8 heteroatoms. The number of halogens is 3. The third-order valence-corrected chi connectivity index (χ3v) is 3.34. The number of carbonyl (C=O) groups excluding carboxylic acids is 2. The van der Waals surface area contributed by atoms with Gasteiger partial charge in [-0.15, -0.1) is 0 Å². The first-order valence-electron chi connectivity index (χ1n) is 7.27. The number of hydrogen-bond donors (Lipinski definition) is 0. The van der Waals surface area contributed by atoms with Crippen LogP contribution in [-0.2, 0) is 31.7 Å². The Kier molecular flexibility index (Phi) is 7.70. The van der Waals surface area contributed by atoms with Crippen molar-refractivity contribution in [3.63, 3.8) is 0 Å². The number of rotatable bonds is 8. The highest BCUT2D eigenvalue weighted by atomic mass is 19.4. The number of methoxy groups -OCH3 is 2. The van der Waals surface area contributed by atoms with Gasteiger partial charge >= 0.3 is 12.1 Å². The zero-order valence-electron chi connectivity index (χ0n) is 13.6. The van der Waals surface area contributed by atoms with E-state index in [9.17, 15) is 22.8 Å². The molecule has 0 bridgehead atoms. The molecule has 0 aliphatic rings. The van der Waals surface area contributed by atoms with E-state index in [-0.39, 0.29) is 44.0 Å². The maximum Gasteiger partial charge on any atom is 0.416 e. The van der Waals surface area contributed by atoms with Crippen LogP contribution in [0.15, 0.2) is 24.3 Å². The lowest BCUT2D eigenvalue weighted by Crippen LogP contribution is -2.36. The van der Waals surface area contributed by atoms with Crippen molar-refractivity contribution in [3.05, 3.63) is 35.4 Å². The van der Waals surface area contributed by atoms with Gasteiger partial charge in [0.05, 0.1) is 32.1 Å². The fourth-order valence-corrected chi connectivity index (χ4v) is 2.04. The highest BCUT2D eigenvalue weighted by molar-refractivity contribution is 5.79. The molecular weight excluding hydrogens is 327 g/mol. The van der Waals surface area contributed by atoms with Crippen LogP contribution < -0.4 is 0 Å². The minimum absolute atomic E-state index is 0.00848. The largest absolute Gasteiger partial charge is 0.469 e. The van der Waals surface area contributed by atoms with Crippen molar-refractivity contribution in [1.82, 2.24) is 4.90 Å². The van der Waals surface area contributed by atoms with Crippen molar-refractivity contribution in [3.8, 4) is 0 Å². The number of hydrogen-bond acceptors (Lipinski definition) is 4. The second-order valence-electron chi connectivity index (χ2n) is 5.07. The zero-order valence-corrected chi connectivity index (χ0v) is 13.6. The van der Waals surface area contributed by atoms with Crippen LogP contribution in [0.2, 0.25) is 0 Å². The first kappa shape index (κ1) is 20.0. The van der Waals surface area contributed by atoms with Crippen LogP contribution in [0.3, 0.4) is 0 Å². The number of benzene rings is 1. The van der Waals surface area contributed by atoms with Gasteiger partial charge in [-0.2, -0.15) is 13.2 Å². The van der Waals surface area contributed by atoms with Gasteiger partial charge in [-0.3, -0.25) is 9.59 Å². The lowest BCUT2D eigenvalue weighted by atomic mass is 10.1. The molecule has 24 heavy (non-hydrogen) atoms. The molecule has 0 aliphatic carbocycles. The van der Waals surface area contributed by atoms with Crippen LogP contribution in [0.5, 0.6) is 0 Å². The Balaban J connectivity index is 2.77. The van der Waals surface area contributed by atoms with Gasteiger partial charge in [-0.25, -0.2) is 0 Å². The zero-order chi connectivity index (χ0) is 18.2. The van der Waals surface area contributed by atoms with Crippen molar-refractivity contribution < 1.29 is 32.2 Å². The molecule has 0 saturated heterocycles. The van der Waals surface area contributed by atoms with E-state index in [1.165, 1.54) is 31.3 Å². The van der Waals surface area contributed by atoms with Gasteiger partial charge in [0.15, 0.2) is 0 Å². The third kappa shape index (κ3) is 6.57. The molecule has 1 amide bonds. The van der Waals surface area contributed by atoms with Crippen LogP contribution in [0.1, 0.15) is 17.5 Å². The van der Waals surface area contributed by atoms with E-state index in [2.05, 4.69) is 4.74 Å². The highest BCUT2D eigenvalue weighted by Gasteiger charge is 2.30. The summed E-state index contributed by atoms with van der Waals surface area (Å²) in [7, 11) is 2.71. The van der Waals surface area contributed by atoms with Gasteiger partial charge < -0.3 is 14.4 Å². The quantitative estimate of drug-likeness (QED) is 0.677. The molecule has 1 aromatic carbocycles. The fraction of sp³-hybridized carbons (Fsp3) is 0.500. The summed E-state index contributed by atoms with van der Waals surface area (Å²) in [5.41, 5.74) is -0.541. The number of ether oxygens (including phenoxy) is 2. The monoisotopic (exact) mass is 347 g/mol. The summed E-state index contributed by atoms with van der Waals surface area (Å²) in [6.07, 6.45) is -4.64. The molecule has 0 fully saturated rings. The first-order valence-corrected chi connectivity index (χ1v) is 7.27. The van der Waals surface area contributed by atoms with E-state index in [4.69, 9.17) is 4.74 Å². The van der Waals surface area contributed by atoms with E-state index in [0.29, 0.717) is 0 Å². The lowest BCUT2D eigenvalue weighted by Gasteiger charge is -2.22. The topological polar surface area (TPSA) is 55.8 Å². The number of amides is 1. The number of esters is 1. The van der Waals surface area contributed by atoms with Gasteiger partial charge in [0, 0.05) is 20.2 Å². The summed E-state index contributed by atoms with van der Waals surface area (Å²) < 4.78 is 47.6. The average molecular weight is 347 g/mol. The second-order valence-corrected chi connectivity index (χ2v) is 5.07. The van der Waals surface area contributed by atoms with Crippen molar-refractivity contribution in [2.45, 2.75) is 19.0 Å². The molecule has 134 valence electrons. The summed E-state index contributed by atoms with van der Waals surface area (Å²) in [4.78, 5) is 24.9. The van der Waals surface area contributed by atoms with E-state index >= 15 is 0 Å². The van der Waals surface area contributed by atoms with E-state index in [1.807, 2.05) is 0 Å². The average Bonchev–Trinajstić information content (AvgIpc) is 2.53. The van der Waals surface area contributed by atoms with E-state index in [0.717, 1.165) is 12.1 Å². The molecule has 1 rings (SSSR count). The molecule has 0 spiro atoms. The SMILES string of the molecule is COCCN(CCC(=O)OC)C(=O)Cc1cccc(C(F)(F)F)c1.